The van der Waals surface area contributed by atoms with Crippen molar-refractivity contribution in [3.8, 4) is 0 Å². The molecule has 1 saturated heterocycles. The van der Waals surface area contributed by atoms with Crippen LogP contribution < -0.4 is 0 Å². The van der Waals surface area contributed by atoms with Crippen molar-refractivity contribution in [2.75, 3.05) is 20.1 Å². The van der Waals surface area contributed by atoms with Crippen molar-refractivity contribution < 1.29 is 9.21 Å². The number of furan rings is 1. The highest BCUT2D eigenvalue weighted by Gasteiger charge is 2.35. The molecular weight excluding hydrogens is 276 g/mol. The van der Waals surface area contributed by atoms with Crippen LogP contribution in [-0.4, -0.2) is 41.9 Å². The van der Waals surface area contributed by atoms with Crippen LogP contribution in [0.3, 0.4) is 0 Å². The third-order valence-electron chi connectivity index (χ3n) is 5.54. The number of likely N-dealkylation sites (tertiary alicyclic amines) is 1. The number of hydrogen-bond acceptors (Lipinski definition) is 3. The summed E-state index contributed by atoms with van der Waals surface area (Å²) in [6.07, 6.45) is 9.41. The second-order valence-corrected chi connectivity index (χ2v) is 6.91. The van der Waals surface area contributed by atoms with Crippen LogP contribution in [0.1, 0.15) is 57.3 Å². The van der Waals surface area contributed by atoms with Crippen LogP contribution in [0, 0.1) is 5.92 Å². The first-order valence-corrected chi connectivity index (χ1v) is 8.71. The quantitative estimate of drug-likeness (QED) is 0.855. The van der Waals surface area contributed by atoms with Crippen molar-refractivity contribution in [1.29, 1.82) is 0 Å². The minimum absolute atomic E-state index is 0.00577. The molecule has 2 aliphatic rings. The molecule has 4 nitrogen and oxygen atoms in total. The summed E-state index contributed by atoms with van der Waals surface area (Å²) in [5.74, 6) is 1.28. The van der Waals surface area contributed by atoms with Crippen molar-refractivity contribution in [2.24, 2.45) is 5.92 Å². The van der Waals surface area contributed by atoms with E-state index in [4.69, 9.17) is 4.42 Å². The van der Waals surface area contributed by atoms with Crippen molar-refractivity contribution in [1.82, 2.24) is 9.80 Å². The fourth-order valence-corrected chi connectivity index (χ4v) is 3.97. The van der Waals surface area contributed by atoms with E-state index in [9.17, 15) is 4.79 Å². The zero-order valence-electron chi connectivity index (χ0n) is 13.8. The number of rotatable bonds is 4. The van der Waals surface area contributed by atoms with Crippen molar-refractivity contribution in [3.63, 3.8) is 0 Å². The fraction of sp³-hybridized carbons (Fsp3) is 0.722. The van der Waals surface area contributed by atoms with Gasteiger partial charge in [0.05, 0.1) is 18.2 Å². The lowest BCUT2D eigenvalue weighted by molar-refractivity contribution is -0.136. The van der Waals surface area contributed by atoms with Crippen molar-refractivity contribution >= 4 is 5.91 Å². The molecule has 0 aromatic carbocycles. The molecule has 1 aromatic rings. The predicted molar refractivity (Wildman–Crippen MR) is 86.4 cm³/mol. The predicted octanol–water partition coefficient (Wildman–Crippen LogP) is 3.45. The third kappa shape index (κ3) is 3.22. The topological polar surface area (TPSA) is 36.7 Å². The summed E-state index contributed by atoms with van der Waals surface area (Å²) in [5.41, 5.74) is 0. The number of hydrogen-bond donors (Lipinski definition) is 0. The highest BCUT2D eigenvalue weighted by Crippen LogP contribution is 2.30. The van der Waals surface area contributed by atoms with Gasteiger partial charge in [0, 0.05) is 19.6 Å². The molecule has 0 radical (unpaired) electrons. The van der Waals surface area contributed by atoms with Gasteiger partial charge >= 0.3 is 0 Å². The van der Waals surface area contributed by atoms with Gasteiger partial charge in [-0.3, -0.25) is 9.69 Å². The molecule has 0 spiro atoms. The second-order valence-electron chi connectivity index (χ2n) is 6.91. The highest BCUT2D eigenvalue weighted by molar-refractivity contribution is 5.79. The van der Waals surface area contributed by atoms with Crippen LogP contribution in [-0.2, 0) is 4.79 Å². The van der Waals surface area contributed by atoms with Crippen molar-refractivity contribution in [3.05, 3.63) is 24.2 Å². The van der Waals surface area contributed by atoms with Gasteiger partial charge in [0.1, 0.15) is 5.76 Å². The van der Waals surface area contributed by atoms with Crippen LogP contribution >= 0.6 is 0 Å². The molecule has 0 bridgehead atoms. The van der Waals surface area contributed by atoms with Gasteiger partial charge in [-0.1, -0.05) is 19.3 Å². The molecule has 1 aliphatic carbocycles. The summed E-state index contributed by atoms with van der Waals surface area (Å²) >= 11 is 0. The summed E-state index contributed by atoms with van der Waals surface area (Å²) in [5, 5.41) is 0. The fourth-order valence-electron chi connectivity index (χ4n) is 3.97. The second kappa shape index (κ2) is 6.86. The first-order chi connectivity index (χ1) is 10.7. The van der Waals surface area contributed by atoms with Crippen LogP contribution in [0.15, 0.2) is 22.8 Å². The van der Waals surface area contributed by atoms with E-state index in [1.165, 1.54) is 32.1 Å². The standard InChI is InChI=1S/C18H28N2O2/c1-14(17-9-6-12-22-17)19(2)18(21)15-10-11-20(13-15)16-7-4-3-5-8-16/h6,9,12,14-16H,3-5,7-8,10-11,13H2,1-2H3/t14-,15+/m0/s1. The minimum atomic E-state index is 0.00577. The zero-order chi connectivity index (χ0) is 15.5. The molecule has 2 fully saturated rings. The van der Waals surface area contributed by atoms with Gasteiger partial charge in [0.2, 0.25) is 5.91 Å². The molecule has 0 N–H and O–H groups in total. The van der Waals surface area contributed by atoms with E-state index < -0.39 is 0 Å². The summed E-state index contributed by atoms with van der Waals surface area (Å²) < 4.78 is 5.44. The Hall–Kier alpha value is -1.29. The Morgan fingerprint density at radius 2 is 2.09 bits per heavy atom. The summed E-state index contributed by atoms with van der Waals surface area (Å²) in [4.78, 5) is 17.2. The van der Waals surface area contributed by atoms with Gasteiger partial charge in [-0.2, -0.15) is 0 Å². The highest BCUT2D eigenvalue weighted by atomic mass is 16.3. The van der Waals surface area contributed by atoms with E-state index in [1.54, 1.807) is 6.26 Å². The normalized spacial score (nSPS) is 25.3. The molecule has 1 aliphatic heterocycles. The third-order valence-corrected chi connectivity index (χ3v) is 5.54. The molecule has 1 amide bonds. The SMILES string of the molecule is C[C@@H](c1ccco1)N(C)C(=O)[C@@H]1CCN(C2CCCCC2)C1. The van der Waals surface area contributed by atoms with Gasteiger partial charge in [-0.05, 0) is 44.9 Å². The summed E-state index contributed by atoms with van der Waals surface area (Å²) in [6.45, 7) is 4.06. The van der Waals surface area contributed by atoms with E-state index in [1.807, 2.05) is 31.0 Å². The maximum atomic E-state index is 12.8. The van der Waals surface area contributed by atoms with E-state index in [0.29, 0.717) is 0 Å². The molecule has 1 saturated carbocycles. The largest absolute Gasteiger partial charge is 0.467 e. The number of amides is 1. The first kappa shape index (κ1) is 15.6. The smallest absolute Gasteiger partial charge is 0.227 e. The van der Waals surface area contributed by atoms with Gasteiger partial charge in [-0.25, -0.2) is 0 Å². The van der Waals surface area contributed by atoms with E-state index in [0.717, 1.165) is 31.3 Å². The Morgan fingerprint density at radius 1 is 1.32 bits per heavy atom. The Morgan fingerprint density at radius 3 is 2.77 bits per heavy atom. The molecule has 4 heteroatoms. The maximum Gasteiger partial charge on any atom is 0.227 e. The Bertz CT molecular complexity index is 479. The minimum Gasteiger partial charge on any atom is -0.467 e. The van der Waals surface area contributed by atoms with E-state index in [2.05, 4.69) is 4.90 Å². The van der Waals surface area contributed by atoms with E-state index >= 15 is 0 Å². The van der Waals surface area contributed by atoms with E-state index in [-0.39, 0.29) is 17.9 Å². The average molecular weight is 304 g/mol. The van der Waals surface area contributed by atoms with Gasteiger partial charge in [0.15, 0.2) is 0 Å². The molecule has 1 aromatic heterocycles. The lowest BCUT2D eigenvalue weighted by Crippen LogP contribution is -2.39. The Labute approximate surface area is 133 Å². The maximum absolute atomic E-state index is 12.8. The van der Waals surface area contributed by atoms with Crippen LogP contribution in [0.2, 0.25) is 0 Å². The summed E-state index contributed by atoms with van der Waals surface area (Å²) in [6, 6.07) is 4.55. The van der Waals surface area contributed by atoms with Gasteiger partial charge in [0.25, 0.3) is 0 Å². The molecular formula is C18H28N2O2. The van der Waals surface area contributed by atoms with Gasteiger partial charge < -0.3 is 9.32 Å². The zero-order valence-corrected chi connectivity index (χ0v) is 13.8. The number of nitrogens with zero attached hydrogens (tertiary/aromatic N) is 2. The van der Waals surface area contributed by atoms with Crippen LogP contribution in [0.25, 0.3) is 0 Å². The molecule has 0 unspecified atom stereocenters. The lowest BCUT2D eigenvalue weighted by atomic mass is 9.94. The average Bonchev–Trinajstić information content (AvgIpc) is 3.25. The number of carbonyl (C=O) groups excluding carboxylic acids is 1. The monoisotopic (exact) mass is 304 g/mol. The lowest BCUT2D eigenvalue weighted by Gasteiger charge is -2.31. The molecule has 22 heavy (non-hydrogen) atoms. The molecule has 2 atom stereocenters. The molecule has 122 valence electrons. The van der Waals surface area contributed by atoms with Crippen molar-refractivity contribution in [2.45, 2.75) is 57.5 Å². The Balaban J connectivity index is 1.56. The first-order valence-electron chi connectivity index (χ1n) is 8.71. The molecule has 3 rings (SSSR count). The Kier molecular flexibility index (Phi) is 4.87. The molecule has 2 heterocycles. The summed E-state index contributed by atoms with van der Waals surface area (Å²) in [7, 11) is 1.90. The van der Waals surface area contributed by atoms with Crippen LogP contribution in [0.5, 0.6) is 0 Å². The van der Waals surface area contributed by atoms with Crippen LogP contribution in [0.4, 0.5) is 0 Å². The number of carbonyl (C=O) groups is 1. The van der Waals surface area contributed by atoms with Gasteiger partial charge in [-0.15, -0.1) is 0 Å².